The first kappa shape index (κ1) is 20.0. The molecular weight excluding hydrogens is 441 g/mol. The maximum absolute atomic E-state index is 12.8. The van der Waals surface area contributed by atoms with Gasteiger partial charge in [0, 0.05) is 39.5 Å². The Labute approximate surface area is 188 Å². The van der Waals surface area contributed by atoms with Crippen LogP contribution in [-0.2, 0) is 12.8 Å². The summed E-state index contributed by atoms with van der Waals surface area (Å²) in [6.45, 7) is 1.21. The molecule has 30 heavy (non-hydrogen) atoms. The predicted octanol–water partition coefficient (Wildman–Crippen LogP) is 5.19. The number of amides is 1. The second-order valence-electron chi connectivity index (χ2n) is 8.07. The van der Waals surface area contributed by atoms with Crippen LogP contribution in [0.5, 0.6) is 0 Å². The molecule has 2 aliphatic rings. The number of hydrogen-bond donors (Lipinski definition) is 1. The van der Waals surface area contributed by atoms with Crippen molar-refractivity contribution in [1.82, 2.24) is 14.9 Å². The van der Waals surface area contributed by atoms with E-state index in [9.17, 15) is 9.59 Å². The van der Waals surface area contributed by atoms with Crippen molar-refractivity contribution in [3.63, 3.8) is 0 Å². The number of aromatic amines is 1. The first-order valence-electron chi connectivity index (χ1n) is 10.3. The quantitative estimate of drug-likeness (QED) is 0.570. The number of nitrogens with one attached hydrogen (secondary N) is 1. The highest BCUT2D eigenvalue weighted by Gasteiger charge is 2.28. The third-order valence-corrected chi connectivity index (χ3v) is 7.74. The number of carbonyl (C=O) groups is 1. The minimum absolute atomic E-state index is 0.0125. The van der Waals surface area contributed by atoms with Gasteiger partial charge < -0.3 is 9.88 Å². The monoisotopic (exact) mass is 461 g/mol. The van der Waals surface area contributed by atoms with Crippen molar-refractivity contribution in [2.75, 3.05) is 13.1 Å². The molecule has 1 amide bonds. The molecule has 156 valence electrons. The van der Waals surface area contributed by atoms with Crippen LogP contribution in [0.2, 0.25) is 10.0 Å². The molecule has 5 nitrogen and oxygen atoms in total. The number of fused-ring (bicyclic) bond motifs is 3. The standard InChI is InChI=1S/C22H21Cl2N3O2S/c23-14-9-13(10-15(24)11-14)22(29)27-7-5-12(6-8-27)19-25-20(28)18-16-3-1-2-4-17(16)30-21(18)26-19/h9-12H,1-8H2,(H,25,26,28). The van der Waals surface area contributed by atoms with Gasteiger partial charge in [-0.1, -0.05) is 23.2 Å². The average molecular weight is 462 g/mol. The largest absolute Gasteiger partial charge is 0.339 e. The summed E-state index contributed by atoms with van der Waals surface area (Å²) in [6.07, 6.45) is 5.89. The number of rotatable bonds is 2. The fraction of sp³-hybridized carbons (Fsp3) is 0.409. The highest BCUT2D eigenvalue weighted by molar-refractivity contribution is 7.18. The molecule has 2 aromatic heterocycles. The zero-order valence-electron chi connectivity index (χ0n) is 16.3. The van der Waals surface area contributed by atoms with E-state index in [0.29, 0.717) is 28.7 Å². The van der Waals surface area contributed by atoms with Crippen LogP contribution in [0.1, 0.15) is 58.2 Å². The zero-order chi connectivity index (χ0) is 20.8. The molecule has 1 aliphatic heterocycles. The molecule has 8 heteroatoms. The highest BCUT2D eigenvalue weighted by atomic mass is 35.5. The number of thiophene rings is 1. The summed E-state index contributed by atoms with van der Waals surface area (Å²) < 4.78 is 0. The summed E-state index contributed by atoms with van der Waals surface area (Å²) in [5.74, 6) is 0.831. The maximum Gasteiger partial charge on any atom is 0.259 e. The molecule has 0 spiro atoms. The van der Waals surface area contributed by atoms with Gasteiger partial charge >= 0.3 is 0 Å². The van der Waals surface area contributed by atoms with Gasteiger partial charge in [0.25, 0.3) is 11.5 Å². The molecule has 0 bridgehead atoms. The number of carbonyl (C=O) groups excluding carboxylic acids is 1. The van der Waals surface area contributed by atoms with Gasteiger partial charge in [0.15, 0.2) is 0 Å². The van der Waals surface area contributed by atoms with E-state index in [1.807, 2.05) is 4.90 Å². The van der Waals surface area contributed by atoms with Gasteiger partial charge in [-0.3, -0.25) is 9.59 Å². The van der Waals surface area contributed by atoms with Crippen molar-refractivity contribution in [1.29, 1.82) is 0 Å². The summed E-state index contributed by atoms with van der Waals surface area (Å²) >= 11 is 13.8. The SMILES string of the molecule is O=C(c1cc(Cl)cc(Cl)c1)N1CCC(c2nc3sc4c(c3c(=O)[nH]2)CCCC4)CC1. The smallest absolute Gasteiger partial charge is 0.259 e. The van der Waals surface area contributed by atoms with Gasteiger partial charge in [-0.2, -0.15) is 0 Å². The lowest BCUT2D eigenvalue weighted by Crippen LogP contribution is -2.38. The Bertz CT molecular complexity index is 1170. The molecule has 5 rings (SSSR count). The van der Waals surface area contributed by atoms with Crippen molar-refractivity contribution >= 4 is 50.7 Å². The Morgan fingerprint density at radius 3 is 2.53 bits per heavy atom. The van der Waals surface area contributed by atoms with Crippen molar-refractivity contribution in [3.8, 4) is 0 Å². The van der Waals surface area contributed by atoms with E-state index in [-0.39, 0.29) is 17.4 Å². The number of piperidine rings is 1. The second-order valence-corrected chi connectivity index (χ2v) is 10.0. The number of halogens is 2. The zero-order valence-corrected chi connectivity index (χ0v) is 18.7. The molecule has 0 radical (unpaired) electrons. The molecule has 3 heterocycles. The molecule has 0 unspecified atom stereocenters. The predicted molar refractivity (Wildman–Crippen MR) is 121 cm³/mol. The first-order valence-corrected chi connectivity index (χ1v) is 11.9. The number of nitrogens with zero attached hydrogens (tertiary/aromatic N) is 2. The van der Waals surface area contributed by atoms with E-state index in [2.05, 4.69) is 4.98 Å². The summed E-state index contributed by atoms with van der Waals surface area (Å²) in [7, 11) is 0. The fourth-order valence-electron chi connectivity index (χ4n) is 4.59. The normalized spacial score (nSPS) is 17.3. The number of aromatic nitrogens is 2. The van der Waals surface area contributed by atoms with Crippen LogP contribution < -0.4 is 5.56 Å². The summed E-state index contributed by atoms with van der Waals surface area (Å²) in [6, 6.07) is 4.91. The van der Waals surface area contributed by atoms with Gasteiger partial charge in [-0.25, -0.2) is 4.98 Å². The Kier molecular flexibility index (Phi) is 5.33. The minimum Gasteiger partial charge on any atom is -0.339 e. The number of aryl methyl sites for hydroxylation is 2. The van der Waals surface area contributed by atoms with Crippen LogP contribution >= 0.6 is 34.5 Å². The average Bonchev–Trinajstić information content (AvgIpc) is 3.11. The Morgan fingerprint density at radius 2 is 1.80 bits per heavy atom. The van der Waals surface area contributed by atoms with Crippen LogP contribution in [0.4, 0.5) is 0 Å². The summed E-state index contributed by atoms with van der Waals surface area (Å²) in [5, 5.41) is 1.70. The topological polar surface area (TPSA) is 66.1 Å². The molecule has 1 aliphatic carbocycles. The van der Waals surface area contributed by atoms with Crippen LogP contribution in [0, 0.1) is 0 Å². The molecule has 0 atom stereocenters. The number of likely N-dealkylation sites (tertiary alicyclic amines) is 1. The second kappa shape index (κ2) is 7.98. The van der Waals surface area contributed by atoms with Crippen LogP contribution in [0.15, 0.2) is 23.0 Å². The van der Waals surface area contributed by atoms with Gasteiger partial charge in [0.2, 0.25) is 0 Å². The minimum atomic E-state index is -0.0688. The third kappa shape index (κ3) is 3.66. The molecule has 1 saturated heterocycles. The number of hydrogen-bond acceptors (Lipinski definition) is 4. The number of benzene rings is 1. The van der Waals surface area contributed by atoms with Crippen LogP contribution in [0.25, 0.3) is 10.2 Å². The van der Waals surface area contributed by atoms with Crippen molar-refractivity contribution in [3.05, 3.63) is 60.4 Å². The molecule has 1 N–H and O–H groups in total. The molecule has 0 saturated carbocycles. The van der Waals surface area contributed by atoms with Gasteiger partial charge in [-0.15, -0.1) is 11.3 Å². The van der Waals surface area contributed by atoms with Crippen LogP contribution in [-0.4, -0.2) is 33.9 Å². The lowest BCUT2D eigenvalue weighted by Gasteiger charge is -2.31. The summed E-state index contributed by atoms with van der Waals surface area (Å²) in [5.41, 5.74) is 1.70. The van der Waals surface area contributed by atoms with Gasteiger partial charge in [-0.05, 0) is 62.3 Å². The fourth-order valence-corrected chi connectivity index (χ4v) is 6.38. The maximum atomic E-state index is 12.8. The Balaban J connectivity index is 1.34. The number of H-pyrrole nitrogens is 1. The van der Waals surface area contributed by atoms with Gasteiger partial charge in [0.1, 0.15) is 10.7 Å². The third-order valence-electron chi connectivity index (χ3n) is 6.12. The van der Waals surface area contributed by atoms with Crippen LogP contribution in [0.3, 0.4) is 0 Å². The van der Waals surface area contributed by atoms with Gasteiger partial charge in [0.05, 0.1) is 5.39 Å². The highest BCUT2D eigenvalue weighted by Crippen LogP contribution is 2.35. The van der Waals surface area contributed by atoms with Crippen molar-refractivity contribution in [2.24, 2.45) is 0 Å². The summed E-state index contributed by atoms with van der Waals surface area (Å²) in [4.78, 5) is 37.5. The van der Waals surface area contributed by atoms with E-state index in [0.717, 1.165) is 48.1 Å². The van der Waals surface area contributed by atoms with E-state index < -0.39 is 0 Å². The lowest BCUT2D eigenvalue weighted by atomic mass is 9.95. The van der Waals surface area contributed by atoms with E-state index in [4.69, 9.17) is 28.2 Å². The van der Waals surface area contributed by atoms with Crippen molar-refractivity contribution < 1.29 is 4.79 Å². The molecule has 3 aromatic rings. The lowest BCUT2D eigenvalue weighted by molar-refractivity contribution is 0.0711. The molecular formula is C22H21Cl2N3O2S. The van der Waals surface area contributed by atoms with E-state index in [1.165, 1.54) is 16.9 Å². The van der Waals surface area contributed by atoms with E-state index >= 15 is 0 Å². The molecule has 1 fully saturated rings. The first-order chi connectivity index (χ1) is 14.5. The Hall–Kier alpha value is -1.89. The van der Waals surface area contributed by atoms with E-state index in [1.54, 1.807) is 29.5 Å². The molecule has 1 aromatic carbocycles. The Morgan fingerprint density at radius 1 is 1.10 bits per heavy atom. The van der Waals surface area contributed by atoms with Crippen molar-refractivity contribution in [2.45, 2.75) is 44.4 Å².